The summed E-state index contributed by atoms with van der Waals surface area (Å²) in [5, 5.41) is 27.4. The molecule has 0 radical (unpaired) electrons. The van der Waals surface area contributed by atoms with Gasteiger partial charge in [0, 0.05) is 24.2 Å². The van der Waals surface area contributed by atoms with Crippen molar-refractivity contribution in [3.8, 4) is 17.2 Å². The van der Waals surface area contributed by atoms with E-state index in [0.29, 0.717) is 5.56 Å². The third-order valence-electron chi connectivity index (χ3n) is 1.78. The number of benzene rings is 1. The molecule has 0 bridgehead atoms. The Kier molecular flexibility index (Phi) is 2.60. The van der Waals surface area contributed by atoms with Crippen molar-refractivity contribution in [1.82, 2.24) is 0 Å². The van der Waals surface area contributed by atoms with Crippen LogP contribution in [0.3, 0.4) is 0 Å². The molecule has 0 aliphatic carbocycles. The lowest BCUT2D eigenvalue weighted by Crippen LogP contribution is -2.20. The predicted octanol–water partition coefficient (Wildman–Crippen LogP) is -0.238. The average Bonchev–Trinajstić information content (AvgIpc) is 2.10. The molecule has 0 spiro atoms. The maximum Gasteiger partial charge on any atom is 0.161 e. The number of aromatic hydroxyl groups is 3. The van der Waals surface area contributed by atoms with Gasteiger partial charge in [0.1, 0.15) is 5.75 Å². The van der Waals surface area contributed by atoms with Crippen molar-refractivity contribution in [2.45, 2.75) is 6.04 Å². The van der Waals surface area contributed by atoms with Gasteiger partial charge in [0.05, 0.1) is 0 Å². The molecule has 7 N–H and O–H groups in total. The summed E-state index contributed by atoms with van der Waals surface area (Å²) < 4.78 is 0. The molecule has 1 rings (SSSR count). The zero-order valence-electron chi connectivity index (χ0n) is 6.94. The molecule has 1 aromatic rings. The summed E-state index contributed by atoms with van der Waals surface area (Å²) in [5.41, 5.74) is 11.1. The van der Waals surface area contributed by atoms with Gasteiger partial charge in [-0.05, 0) is 6.07 Å². The highest BCUT2D eigenvalue weighted by Crippen LogP contribution is 2.34. The number of rotatable bonds is 2. The Morgan fingerprint density at radius 3 is 2.15 bits per heavy atom. The smallest absolute Gasteiger partial charge is 0.161 e. The van der Waals surface area contributed by atoms with E-state index in [0.717, 1.165) is 6.07 Å². The van der Waals surface area contributed by atoms with Gasteiger partial charge in [-0.3, -0.25) is 0 Å². The molecular formula is C8H12N2O3. The molecule has 1 aromatic carbocycles. The Balaban J connectivity index is 3.15. The SMILES string of the molecule is NC[C@@H](N)c1cc(O)c(O)cc1O. The fraction of sp³-hybridized carbons (Fsp3) is 0.250. The summed E-state index contributed by atoms with van der Waals surface area (Å²) in [5.74, 6) is -0.879. The van der Waals surface area contributed by atoms with Gasteiger partial charge in [0.2, 0.25) is 0 Å². The fourth-order valence-corrected chi connectivity index (χ4v) is 1.01. The van der Waals surface area contributed by atoms with Crippen LogP contribution in [0.15, 0.2) is 12.1 Å². The van der Waals surface area contributed by atoms with Crippen LogP contribution in [0.1, 0.15) is 11.6 Å². The standard InChI is InChI=1S/C8H12N2O3/c9-3-5(10)4-1-7(12)8(13)2-6(4)11/h1-2,5,11-13H,3,9-10H2/t5-/m1/s1. The van der Waals surface area contributed by atoms with Crippen molar-refractivity contribution in [2.24, 2.45) is 11.5 Å². The van der Waals surface area contributed by atoms with Gasteiger partial charge in [0.25, 0.3) is 0 Å². The topological polar surface area (TPSA) is 113 Å². The van der Waals surface area contributed by atoms with E-state index < -0.39 is 6.04 Å². The van der Waals surface area contributed by atoms with Crippen molar-refractivity contribution < 1.29 is 15.3 Å². The number of nitrogens with two attached hydrogens (primary N) is 2. The zero-order chi connectivity index (χ0) is 10.0. The summed E-state index contributed by atoms with van der Waals surface area (Å²) in [7, 11) is 0. The summed E-state index contributed by atoms with van der Waals surface area (Å²) in [4.78, 5) is 0. The van der Waals surface area contributed by atoms with Crippen LogP contribution in [0.5, 0.6) is 17.2 Å². The van der Waals surface area contributed by atoms with Crippen LogP contribution in [-0.4, -0.2) is 21.9 Å². The number of phenolic OH excluding ortho intramolecular Hbond substituents is 3. The Morgan fingerprint density at radius 1 is 1.08 bits per heavy atom. The van der Waals surface area contributed by atoms with Gasteiger partial charge >= 0.3 is 0 Å². The Labute approximate surface area is 75.2 Å². The minimum absolute atomic E-state index is 0.151. The Morgan fingerprint density at radius 2 is 1.62 bits per heavy atom. The lowest BCUT2D eigenvalue weighted by Gasteiger charge is -2.11. The van der Waals surface area contributed by atoms with Crippen LogP contribution in [0.25, 0.3) is 0 Å². The normalized spacial score (nSPS) is 12.8. The van der Waals surface area contributed by atoms with Gasteiger partial charge in [-0.15, -0.1) is 0 Å². The van der Waals surface area contributed by atoms with Gasteiger partial charge in [-0.25, -0.2) is 0 Å². The molecule has 72 valence electrons. The largest absolute Gasteiger partial charge is 0.507 e. The monoisotopic (exact) mass is 184 g/mol. The summed E-state index contributed by atoms with van der Waals surface area (Å²) in [6.07, 6.45) is 0. The molecule has 0 aromatic heterocycles. The minimum atomic E-state index is -0.550. The van der Waals surface area contributed by atoms with Crippen molar-refractivity contribution in [1.29, 1.82) is 0 Å². The molecule has 0 saturated heterocycles. The van der Waals surface area contributed by atoms with Crippen molar-refractivity contribution in [3.63, 3.8) is 0 Å². The summed E-state index contributed by atoms with van der Waals surface area (Å²) >= 11 is 0. The van der Waals surface area contributed by atoms with Crippen LogP contribution < -0.4 is 11.5 Å². The molecule has 13 heavy (non-hydrogen) atoms. The lowest BCUT2D eigenvalue weighted by molar-refractivity contribution is 0.393. The number of hydrogen-bond donors (Lipinski definition) is 5. The summed E-state index contributed by atoms with van der Waals surface area (Å²) in [6, 6.07) is 1.68. The maximum absolute atomic E-state index is 9.31. The highest BCUT2D eigenvalue weighted by Gasteiger charge is 2.12. The highest BCUT2D eigenvalue weighted by atomic mass is 16.3. The second-order valence-corrected chi connectivity index (χ2v) is 2.74. The zero-order valence-corrected chi connectivity index (χ0v) is 6.94. The van der Waals surface area contributed by atoms with Crippen molar-refractivity contribution >= 4 is 0 Å². The predicted molar refractivity (Wildman–Crippen MR) is 47.4 cm³/mol. The lowest BCUT2D eigenvalue weighted by atomic mass is 10.1. The quantitative estimate of drug-likeness (QED) is 0.321. The first-order chi connectivity index (χ1) is 6.06. The first-order valence-electron chi connectivity index (χ1n) is 3.76. The van der Waals surface area contributed by atoms with E-state index in [2.05, 4.69) is 0 Å². The molecule has 0 fully saturated rings. The van der Waals surface area contributed by atoms with Crippen LogP contribution in [0.2, 0.25) is 0 Å². The molecule has 0 amide bonds. The maximum atomic E-state index is 9.31. The van der Waals surface area contributed by atoms with E-state index >= 15 is 0 Å². The van der Waals surface area contributed by atoms with Crippen LogP contribution in [0, 0.1) is 0 Å². The van der Waals surface area contributed by atoms with Gasteiger partial charge in [-0.1, -0.05) is 0 Å². The van der Waals surface area contributed by atoms with E-state index in [1.165, 1.54) is 6.07 Å². The second-order valence-electron chi connectivity index (χ2n) is 2.74. The Hall–Kier alpha value is -1.46. The molecular weight excluding hydrogens is 172 g/mol. The third-order valence-corrected chi connectivity index (χ3v) is 1.78. The molecule has 0 heterocycles. The highest BCUT2D eigenvalue weighted by molar-refractivity contribution is 5.49. The summed E-state index contributed by atoms with van der Waals surface area (Å²) in [6.45, 7) is 0.151. The molecule has 0 unspecified atom stereocenters. The molecule has 1 atom stereocenters. The van der Waals surface area contributed by atoms with Crippen LogP contribution >= 0.6 is 0 Å². The van der Waals surface area contributed by atoms with E-state index in [-0.39, 0.29) is 23.8 Å². The minimum Gasteiger partial charge on any atom is -0.507 e. The van der Waals surface area contributed by atoms with Gasteiger partial charge < -0.3 is 26.8 Å². The van der Waals surface area contributed by atoms with Gasteiger partial charge in [-0.2, -0.15) is 0 Å². The van der Waals surface area contributed by atoms with Crippen LogP contribution in [-0.2, 0) is 0 Å². The molecule has 0 saturated carbocycles. The molecule has 5 nitrogen and oxygen atoms in total. The Bertz CT molecular complexity index is 315. The number of phenols is 3. The first kappa shape index (κ1) is 9.63. The first-order valence-corrected chi connectivity index (χ1v) is 3.76. The van der Waals surface area contributed by atoms with Crippen molar-refractivity contribution in [2.75, 3.05) is 6.54 Å². The van der Waals surface area contributed by atoms with E-state index in [4.69, 9.17) is 21.7 Å². The van der Waals surface area contributed by atoms with Crippen molar-refractivity contribution in [3.05, 3.63) is 17.7 Å². The molecule has 5 heteroatoms. The number of hydrogen-bond acceptors (Lipinski definition) is 5. The average molecular weight is 184 g/mol. The second kappa shape index (κ2) is 3.51. The van der Waals surface area contributed by atoms with E-state index in [1.807, 2.05) is 0 Å². The molecule has 0 aliphatic rings. The van der Waals surface area contributed by atoms with E-state index in [1.54, 1.807) is 0 Å². The van der Waals surface area contributed by atoms with Gasteiger partial charge in [0.15, 0.2) is 11.5 Å². The van der Waals surface area contributed by atoms with Crippen LogP contribution in [0.4, 0.5) is 0 Å². The third kappa shape index (κ3) is 1.82. The van der Waals surface area contributed by atoms with E-state index in [9.17, 15) is 5.11 Å². The fourth-order valence-electron chi connectivity index (χ4n) is 1.01. The molecule has 0 aliphatic heterocycles.